The number of carbonyl (C=O) groups excluding carboxylic acids is 1. The van der Waals surface area contributed by atoms with Crippen LogP contribution in [0.4, 0.5) is 0 Å². The third kappa shape index (κ3) is 3.56. The molecule has 0 aliphatic rings. The van der Waals surface area contributed by atoms with Crippen LogP contribution in [0.2, 0.25) is 0 Å². The molecular formula is C16H21BrN4O. The summed E-state index contributed by atoms with van der Waals surface area (Å²) in [7, 11) is 0. The molecule has 0 fully saturated rings. The minimum Gasteiger partial charge on any atom is -0.344 e. The van der Waals surface area contributed by atoms with E-state index in [2.05, 4.69) is 26.3 Å². The van der Waals surface area contributed by atoms with Gasteiger partial charge < -0.3 is 11.1 Å². The van der Waals surface area contributed by atoms with Crippen LogP contribution in [0.1, 0.15) is 37.2 Å². The van der Waals surface area contributed by atoms with Gasteiger partial charge in [0, 0.05) is 17.2 Å². The summed E-state index contributed by atoms with van der Waals surface area (Å²) in [6, 6.07) is 9.45. The number of nitrogens with one attached hydrogen (secondary N) is 1. The third-order valence-electron chi connectivity index (χ3n) is 4.02. The molecule has 1 aromatic heterocycles. The minimum absolute atomic E-state index is 0.192. The standard InChI is InChI=1S/C16H21BrN4O/c1-3-16(4-2,11-18)19-15(22)14-8-9-21(20-14)13-7-5-6-12(17)10-13/h5-10H,3-4,11,18H2,1-2H3,(H,19,22). The fraction of sp³-hybridized carbons (Fsp3) is 0.375. The molecular weight excluding hydrogens is 344 g/mol. The number of benzene rings is 1. The highest BCUT2D eigenvalue weighted by Crippen LogP contribution is 2.16. The molecule has 0 bridgehead atoms. The molecule has 22 heavy (non-hydrogen) atoms. The van der Waals surface area contributed by atoms with Crippen LogP contribution in [-0.4, -0.2) is 27.8 Å². The van der Waals surface area contributed by atoms with Crippen molar-refractivity contribution in [2.45, 2.75) is 32.2 Å². The van der Waals surface area contributed by atoms with Crippen LogP contribution in [-0.2, 0) is 0 Å². The van der Waals surface area contributed by atoms with Gasteiger partial charge in [0.15, 0.2) is 5.69 Å². The van der Waals surface area contributed by atoms with E-state index in [1.54, 1.807) is 16.9 Å². The summed E-state index contributed by atoms with van der Waals surface area (Å²) < 4.78 is 2.65. The average Bonchev–Trinajstić information content (AvgIpc) is 3.03. The van der Waals surface area contributed by atoms with E-state index < -0.39 is 0 Å². The van der Waals surface area contributed by atoms with Gasteiger partial charge in [0.2, 0.25) is 0 Å². The lowest BCUT2D eigenvalue weighted by Crippen LogP contribution is -2.53. The van der Waals surface area contributed by atoms with Gasteiger partial charge >= 0.3 is 0 Å². The first-order valence-electron chi connectivity index (χ1n) is 7.38. The number of aromatic nitrogens is 2. The van der Waals surface area contributed by atoms with Crippen LogP contribution in [0.15, 0.2) is 41.0 Å². The number of rotatable bonds is 6. The highest BCUT2D eigenvalue weighted by molar-refractivity contribution is 9.10. The van der Waals surface area contributed by atoms with Gasteiger partial charge in [-0.15, -0.1) is 0 Å². The maximum absolute atomic E-state index is 12.4. The van der Waals surface area contributed by atoms with Crippen molar-refractivity contribution < 1.29 is 4.79 Å². The van der Waals surface area contributed by atoms with Gasteiger partial charge in [-0.05, 0) is 37.1 Å². The number of nitrogens with two attached hydrogens (primary N) is 1. The van der Waals surface area contributed by atoms with Crippen molar-refractivity contribution in [2.75, 3.05) is 6.54 Å². The molecule has 0 aliphatic carbocycles. The smallest absolute Gasteiger partial charge is 0.272 e. The molecule has 0 atom stereocenters. The van der Waals surface area contributed by atoms with Crippen LogP contribution >= 0.6 is 15.9 Å². The summed E-state index contributed by atoms with van der Waals surface area (Å²) >= 11 is 3.43. The topological polar surface area (TPSA) is 72.9 Å². The van der Waals surface area contributed by atoms with E-state index in [9.17, 15) is 4.79 Å². The van der Waals surface area contributed by atoms with Gasteiger partial charge in [-0.2, -0.15) is 5.10 Å². The zero-order valence-corrected chi connectivity index (χ0v) is 14.4. The predicted octanol–water partition coefficient (Wildman–Crippen LogP) is 2.88. The summed E-state index contributed by atoms with van der Waals surface area (Å²) in [5.41, 5.74) is 6.74. The Hall–Kier alpha value is -1.66. The van der Waals surface area contributed by atoms with Crippen molar-refractivity contribution in [2.24, 2.45) is 5.73 Å². The Kier molecular flexibility index (Phi) is 5.37. The van der Waals surface area contributed by atoms with Gasteiger partial charge in [0.25, 0.3) is 5.91 Å². The van der Waals surface area contributed by atoms with Crippen LogP contribution < -0.4 is 11.1 Å². The van der Waals surface area contributed by atoms with Gasteiger partial charge in [-0.25, -0.2) is 4.68 Å². The lowest BCUT2D eigenvalue weighted by atomic mass is 9.93. The summed E-state index contributed by atoms with van der Waals surface area (Å²) in [6.07, 6.45) is 3.36. The van der Waals surface area contributed by atoms with Crippen molar-refractivity contribution in [3.8, 4) is 5.69 Å². The fourth-order valence-corrected chi connectivity index (χ4v) is 2.67. The molecule has 0 aliphatic heterocycles. The first kappa shape index (κ1) is 16.7. The first-order valence-corrected chi connectivity index (χ1v) is 8.17. The van der Waals surface area contributed by atoms with Gasteiger partial charge in [-0.1, -0.05) is 35.8 Å². The zero-order chi connectivity index (χ0) is 16.2. The molecule has 0 saturated carbocycles. The zero-order valence-electron chi connectivity index (χ0n) is 12.8. The number of amides is 1. The third-order valence-corrected chi connectivity index (χ3v) is 4.51. The lowest BCUT2D eigenvalue weighted by Gasteiger charge is -2.31. The molecule has 2 aromatic rings. The molecule has 3 N–H and O–H groups in total. The Balaban J connectivity index is 2.19. The second-order valence-corrected chi connectivity index (χ2v) is 6.19. The molecule has 2 rings (SSSR count). The van der Waals surface area contributed by atoms with E-state index in [4.69, 9.17) is 5.73 Å². The maximum Gasteiger partial charge on any atom is 0.272 e. The molecule has 6 heteroatoms. The largest absolute Gasteiger partial charge is 0.344 e. The van der Waals surface area contributed by atoms with Crippen molar-refractivity contribution in [1.82, 2.24) is 15.1 Å². The number of hydrogen-bond donors (Lipinski definition) is 2. The average molecular weight is 365 g/mol. The van der Waals surface area contributed by atoms with Crippen LogP contribution in [0.3, 0.4) is 0 Å². The Labute approximate surface area is 139 Å². The summed E-state index contributed by atoms with van der Waals surface area (Å²) in [5.74, 6) is -0.192. The van der Waals surface area contributed by atoms with E-state index in [0.29, 0.717) is 12.2 Å². The Morgan fingerprint density at radius 2 is 2.09 bits per heavy atom. The Bertz CT molecular complexity index is 641. The molecule has 0 spiro atoms. The van der Waals surface area contributed by atoms with Crippen molar-refractivity contribution in [3.63, 3.8) is 0 Å². The minimum atomic E-state index is -0.364. The van der Waals surface area contributed by atoms with Gasteiger partial charge in [0.1, 0.15) is 0 Å². The van der Waals surface area contributed by atoms with E-state index in [0.717, 1.165) is 23.0 Å². The molecule has 1 amide bonds. The monoisotopic (exact) mass is 364 g/mol. The molecule has 118 valence electrons. The number of hydrogen-bond acceptors (Lipinski definition) is 3. The second-order valence-electron chi connectivity index (χ2n) is 5.27. The number of halogens is 1. The van der Waals surface area contributed by atoms with E-state index >= 15 is 0 Å². The predicted molar refractivity (Wildman–Crippen MR) is 91.1 cm³/mol. The second kappa shape index (κ2) is 7.07. The molecule has 0 radical (unpaired) electrons. The number of nitrogens with zero attached hydrogens (tertiary/aromatic N) is 2. The van der Waals surface area contributed by atoms with E-state index in [-0.39, 0.29) is 11.4 Å². The molecule has 5 nitrogen and oxygen atoms in total. The summed E-state index contributed by atoms with van der Waals surface area (Å²) in [6.45, 7) is 4.46. The van der Waals surface area contributed by atoms with Crippen molar-refractivity contribution in [3.05, 3.63) is 46.7 Å². The Morgan fingerprint density at radius 3 is 2.68 bits per heavy atom. The summed E-state index contributed by atoms with van der Waals surface area (Å²) in [4.78, 5) is 12.4. The molecule has 1 aromatic carbocycles. The SMILES string of the molecule is CCC(CC)(CN)NC(=O)c1ccn(-c2cccc(Br)c2)n1. The highest BCUT2D eigenvalue weighted by Gasteiger charge is 2.27. The van der Waals surface area contributed by atoms with E-state index in [1.807, 2.05) is 38.1 Å². The van der Waals surface area contributed by atoms with Crippen molar-refractivity contribution >= 4 is 21.8 Å². The maximum atomic E-state index is 12.4. The van der Waals surface area contributed by atoms with Gasteiger partial charge in [0.05, 0.1) is 11.2 Å². The summed E-state index contributed by atoms with van der Waals surface area (Å²) in [5, 5.41) is 7.37. The van der Waals surface area contributed by atoms with E-state index in [1.165, 1.54) is 0 Å². The number of carbonyl (C=O) groups is 1. The first-order chi connectivity index (χ1) is 10.5. The lowest BCUT2D eigenvalue weighted by molar-refractivity contribution is 0.0889. The normalized spacial score (nSPS) is 11.5. The van der Waals surface area contributed by atoms with Crippen molar-refractivity contribution in [1.29, 1.82) is 0 Å². The molecule has 0 unspecified atom stereocenters. The van der Waals surface area contributed by atoms with Crippen LogP contribution in [0.5, 0.6) is 0 Å². The van der Waals surface area contributed by atoms with Gasteiger partial charge in [-0.3, -0.25) is 4.79 Å². The molecule has 0 saturated heterocycles. The van der Waals surface area contributed by atoms with Crippen LogP contribution in [0.25, 0.3) is 5.69 Å². The highest BCUT2D eigenvalue weighted by atomic mass is 79.9. The van der Waals surface area contributed by atoms with Crippen LogP contribution in [0, 0.1) is 0 Å². The Morgan fingerprint density at radius 1 is 1.36 bits per heavy atom. The molecule has 1 heterocycles. The fourth-order valence-electron chi connectivity index (χ4n) is 2.28. The quantitative estimate of drug-likeness (QED) is 0.827.